The molecule has 1 fully saturated rings. The summed E-state index contributed by atoms with van der Waals surface area (Å²) < 4.78 is 10.5. The second-order valence-electron chi connectivity index (χ2n) is 2.93. The Bertz CT molecular complexity index is 174. The molecule has 0 aromatic carbocycles. The molecule has 1 N–H and O–H groups in total. The van der Waals surface area contributed by atoms with Crippen LogP contribution < -0.4 is 0 Å². The van der Waals surface area contributed by atoms with E-state index in [4.69, 9.17) is 14.6 Å². The first kappa shape index (κ1) is 10.5. The zero-order valence-electron chi connectivity index (χ0n) is 7.79. The quantitative estimate of drug-likeness (QED) is 0.523. The van der Waals surface area contributed by atoms with E-state index in [2.05, 4.69) is 11.8 Å². The second-order valence-corrected chi connectivity index (χ2v) is 2.93. The molecule has 3 heteroatoms. The summed E-state index contributed by atoms with van der Waals surface area (Å²) in [6, 6.07) is 0. The Hall–Kier alpha value is -0.560. The second kappa shape index (κ2) is 6.90. The number of unbranched alkanes of at least 4 members (excludes halogenated alkanes) is 2. The van der Waals surface area contributed by atoms with Crippen molar-refractivity contribution in [3.05, 3.63) is 0 Å². The molecule has 0 spiro atoms. The van der Waals surface area contributed by atoms with Crippen LogP contribution in [0.5, 0.6) is 0 Å². The molecule has 0 bridgehead atoms. The number of ether oxygens (including phenoxy) is 2. The van der Waals surface area contributed by atoms with Crippen molar-refractivity contribution in [1.29, 1.82) is 0 Å². The van der Waals surface area contributed by atoms with Gasteiger partial charge >= 0.3 is 0 Å². The third-order valence-corrected chi connectivity index (χ3v) is 1.76. The van der Waals surface area contributed by atoms with E-state index in [1.807, 2.05) is 0 Å². The molecule has 1 saturated heterocycles. The normalized spacial score (nSPS) is 17.9. The minimum Gasteiger partial charge on any atom is -0.396 e. The van der Waals surface area contributed by atoms with Crippen LogP contribution in [0.25, 0.3) is 0 Å². The lowest BCUT2D eigenvalue weighted by molar-refractivity contribution is -0.144. The van der Waals surface area contributed by atoms with Gasteiger partial charge in [-0.15, -0.1) is 0 Å². The van der Waals surface area contributed by atoms with Crippen molar-refractivity contribution >= 4 is 0 Å². The van der Waals surface area contributed by atoms with Gasteiger partial charge in [-0.2, -0.15) is 0 Å². The summed E-state index contributed by atoms with van der Waals surface area (Å²) in [6.07, 6.45) is 3.21. The number of rotatable bonds is 3. The fraction of sp³-hybridized carbons (Fsp3) is 0.800. The largest absolute Gasteiger partial charge is 0.396 e. The highest BCUT2D eigenvalue weighted by atomic mass is 16.7. The van der Waals surface area contributed by atoms with Gasteiger partial charge in [0.15, 0.2) is 0 Å². The fourth-order valence-electron chi connectivity index (χ4n) is 1.05. The van der Waals surface area contributed by atoms with Crippen LogP contribution in [0.15, 0.2) is 0 Å². The van der Waals surface area contributed by atoms with Gasteiger partial charge in [0, 0.05) is 13.0 Å². The van der Waals surface area contributed by atoms with Crippen LogP contribution in [0.4, 0.5) is 0 Å². The molecule has 13 heavy (non-hydrogen) atoms. The maximum atomic E-state index is 8.52. The Balaban J connectivity index is 2.06. The van der Waals surface area contributed by atoms with Crippen molar-refractivity contribution in [3.63, 3.8) is 0 Å². The average molecular weight is 184 g/mol. The summed E-state index contributed by atoms with van der Waals surface area (Å²) in [5.41, 5.74) is 0. The van der Waals surface area contributed by atoms with E-state index < -0.39 is 0 Å². The van der Waals surface area contributed by atoms with Crippen molar-refractivity contribution in [2.75, 3.05) is 19.8 Å². The summed E-state index contributed by atoms with van der Waals surface area (Å²) >= 11 is 0. The summed E-state index contributed by atoms with van der Waals surface area (Å²) in [6.45, 7) is 1.74. The molecule has 0 unspecified atom stereocenters. The van der Waals surface area contributed by atoms with E-state index in [0.717, 1.165) is 38.9 Å². The molecule has 0 radical (unpaired) electrons. The summed E-state index contributed by atoms with van der Waals surface area (Å²) in [4.78, 5) is 0. The molecule has 0 aromatic heterocycles. The zero-order valence-corrected chi connectivity index (χ0v) is 7.79. The smallest absolute Gasteiger partial charge is 0.222 e. The van der Waals surface area contributed by atoms with Crippen LogP contribution in [0, 0.1) is 11.8 Å². The van der Waals surface area contributed by atoms with E-state index in [0.29, 0.717) is 0 Å². The summed E-state index contributed by atoms with van der Waals surface area (Å²) in [7, 11) is 0. The first-order valence-electron chi connectivity index (χ1n) is 4.76. The molecule has 0 aromatic rings. The van der Waals surface area contributed by atoms with Crippen LogP contribution >= 0.6 is 0 Å². The van der Waals surface area contributed by atoms with E-state index in [-0.39, 0.29) is 12.9 Å². The van der Waals surface area contributed by atoms with Crippen LogP contribution in [-0.2, 0) is 9.47 Å². The Labute approximate surface area is 79.0 Å². The van der Waals surface area contributed by atoms with E-state index in [1.165, 1.54) is 0 Å². The molecule has 1 heterocycles. The highest BCUT2D eigenvalue weighted by Crippen LogP contribution is 2.03. The van der Waals surface area contributed by atoms with E-state index in [9.17, 15) is 0 Å². The highest BCUT2D eigenvalue weighted by molar-refractivity contribution is 5.02. The van der Waals surface area contributed by atoms with Crippen LogP contribution in [0.2, 0.25) is 0 Å². The Kier molecular flexibility index (Phi) is 5.59. The Morgan fingerprint density at radius 1 is 1.23 bits per heavy atom. The van der Waals surface area contributed by atoms with Gasteiger partial charge in [-0.3, -0.25) is 0 Å². The predicted molar refractivity (Wildman–Crippen MR) is 49.0 cm³/mol. The van der Waals surface area contributed by atoms with Gasteiger partial charge in [-0.05, 0) is 25.2 Å². The van der Waals surface area contributed by atoms with Gasteiger partial charge in [0.1, 0.15) is 0 Å². The van der Waals surface area contributed by atoms with Crippen LogP contribution in [0.3, 0.4) is 0 Å². The minimum absolute atomic E-state index is 0.248. The number of hydrogen-bond donors (Lipinski definition) is 1. The topological polar surface area (TPSA) is 38.7 Å². The van der Waals surface area contributed by atoms with Crippen LogP contribution in [0.1, 0.15) is 25.7 Å². The minimum atomic E-state index is -0.317. The average Bonchev–Trinajstić information content (AvgIpc) is 2.19. The van der Waals surface area contributed by atoms with Crippen molar-refractivity contribution in [2.24, 2.45) is 0 Å². The van der Waals surface area contributed by atoms with E-state index >= 15 is 0 Å². The number of aliphatic hydroxyl groups is 1. The molecule has 1 aliphatic heterocycles. The van der Waals surface area contributed by atoms with Crippen molar-refractivity contribution in [2.45, 2.75) is 32.0 Å². The predicted octanol–water partition coefficient (Wildman–Crippen LogP) is 0.915. The Morgan fingerprint density at radius 3 is 2.69 bits per heavy atom. The molecule has 0 saturated carbocycles. The lowest BCUT2D eigenvalue weighted by Crippen LogP contribution is -2.22. The molecule has 0 atom stereocenters. The molecular weight excluding hydrogens is 168 g/mol. The summed E-state index contributed by atoms with van der Waals surface area (Å²) in [5.74, 6) is 5.88. The van der Waals surface area contributed by atoms with Gasteiger partial charge in [0.05, 0.1) is 13.2 Å². The number of aliphatic hydroxyl groups excluding tert-OH is 1. The first-order chi connectivity index (χ1) is 6.43. The SMILES string of the molecule is OCCCCC#CC1OCCCO1. The summed E-state index contributed by atoms with van der Waals surface area (Å²) in [5, 5.41) is 8.52. The first-order valence-corrected chi connectivity index (χ1v) is 4.76. The third-order valence-electron chi connectivity index (χ3n) is 1.76. The van der Waals surface area contributed by atoms with Gasteiger partial charge < -0.3 is 14.6 Å². The zero-order chi connectivity index (χ0) is 9.36. The van der Waals surface area contributed by atoms with Gasteiger partial charge in [-0.1, -0.05) is 5.92 Å². The molecule has 0 aliphatic carbocycles. The highest BCUT2D eigenvalue weighted by Gasteiger charge is 2.09. The number of hydrogen-bond acceptors (Lipinski definition) is 3. The van der Waals surface area contributed by atoms with Crippen molar-refractivity contribution in [3.8, 4) is 11.8 Å². The van der Waals surface area contributed by atoms with Crippen molar-refractivity contribution in [1.82, 2.24) is 0 Å². The third kappa shape index (κ3) is 4.89. The van der Waals surface area contributed by atoms with Crippen molar-refractivity contribution < 1.29 is 14.6 Å². The maximum Gasteiger partial charge on any atom is 0.222 e. The maximum absolute atomic E-state index is 8.52. The van der Waals surface area contributed by atoms with E-state index in [1.54, 1.807) is 0 Å². The molecule has 1 rings (SSSR count). The molecule has 74 valence electrons. The molecular formula is C10H16O3. The van der Waals surface area contributed by atoms with Gasteiger partial charge in [0.25, 0.3) is 0 Å². The fourth-order valence-corrected chi connectivity index (χ4v) is 1.05. The lowest BCUT2D eigenvalue weighted by Gasteiger charge is -2.17. The van der Waals surface area contributed by atoms with Crippen LogP contribution in [-0.4, -0.2) is 31.2 Å². The standard InChI is InChI=1S/C10H16O3/c11-7-4-2-1-3-6-10-12-8-5-9-13-10/h10-11H,1-2,4-5,7-9H2. The molecule has 0 amide bonds. The molecule has 1 aliphatic rings. The van der Waals surface area contributed by atoms with Gasteiger partial charge in [-0.25, -0.2) is 0 Å². The monoisotopic (exact) mass is 184 g/mol. The Morgan fingerprint density at radius 2 is 2.00 bits per heavy atom. The lowest BCUT2D eigenvalue weighted by atomic mass is 10.2. The van der Waals surface area contributed by atoms with Gasteiger partial charge in [0.2, 0.25) is 6.29 Å². The molecule has 3 nitrogen and oxygen atoms in total.